The Morgan fingerprint density at radius 1 is 0.333 bits per heavy atom. The van der Waals surface area contributed by atoms with Crippen LogP contribution in [0.25, 0.3) is 0 Å². The Morgan fingerprint density at radius 3 is 0.333 bits per heavy atom. The summed E-state index contributed by atoms with van der Waals surface area (Å²) in [4.78, 5) is 0. The fourth-order valence-electron chi connectivity index (χ4n) is 0. The van der Waals surface area contributed by atoms with Crippen LogP contribution < -0.4 is 0 Å². The molecule has 0 bridgehead atoms. The van der Waals surface area contributed by atoms with E-state index in [1.54, 1.807) is 0 Å². The predicted octanol–water partition coefficient (Wildman–Crippen LogP) is -5.13. The summed E-state index contributed by atoms with van der Waals surface area (Å²) in [7, 11) is 0. The van der Waals surface area contributed by atoms with Crippen molar-refractivity contribution in [1.29, 1.82) is 0 Å². The molecule has 0 saturated heterocycles. The molecule has 40 valence electrons. The van der Waals surface area contributed by atoms with Gasteiger partial charge in [-0.05, 0) is 0 Å². The van der Waals surface area contributed by atoms with Crippen molar-refractivity contribution in [3.63, 3.8) is 0 Å². The van der Waals surface area contributed by atoms with Crippen molar-refractivity contribution in [2.75, 3.05) is 0 Å². The molecule has 6 heavy (non-hydrogen) atoms. The molecule has 0 saturated carbocycles. The minimum absolute atomic E-state index is 0. The van der Waals surface area contributed by atoms with Gasteiger partial charge in [0.1, 0.15) is 0 Å². The molecule has 0 aliphatic rings. The maximum atomic E-state index is 0. The van der Waals surface area contributed by atoms with E-state index < -0.39 is 0 Å². The molecule has 0 radical (unpaired) electrons. The van der Waals surface area contributed by atoms with Crippen LogP contribution in [0.3, 0.4) is 0 Å². The van der Waals surface area contributed by atoms with Crippen LogP contribution in [0.4, 0.5) is 0 Å². The topological polar surface area (TPSA) is 126 Å². The van der Waals surface area contributed by atoms with E-state index in [4.69, 9.17) is 0 Å². The Balaban J connectivity index is 0. The first-order valence-corrected chi connectivity index (χ1v) is 0. The molecule has 6 heteroatoms. The Labute approximate surface area is 95.5 Å². The Hall–Kier alpha value is 2.36. The summed E-state index contributed by atoms with van der Waals surface area (Å²) >= 11 is 0. The van der Waals surface area contributed by atoms with Gasteiger partial charge in [-0.3, -0.25) is 0 Å². The third kappa shape index (κ3) is 32.8. The van der Waals surface area contributed by atoms with E-state index in [1.165, 1.54) is 0 Å². The summed E-state index contributed by atoms with van der Waals surface area (Å²) in [5.41, 5.74) is 0. The Morgan fingerprint density at radius 2 is 0.333 bits per heavy atom. The molecule has 0 amide bonds. The van der Waals surface area contributed by atoms with Crippen molar-refractivity contribution in [3.8, 4) is 0 Å². The molecular weight excluding hydrogens is 144 g/mol. The second kappa shape index (κ2) is 53.5. The van der Waals surface area contributed by atoms with E-state index in [9.17, 15) is 0 Å². The van der Waals surface area contributed by atoms with Crippen LogP contribution in [-0.4, -0.2) is 97.4 Å². The molecule has 0 rings (SSSR count). The third-order valence-electron chi connectivity index (χ3n) is 0. The average molecular weight is 156 g/mol. The van der Waals surface area contributed by atoms with Gasteiger partial charge in [-0.25, -0.2) is 0 Å². The van der Waals surface area contributed by atoms with Gasteiger partial charge in [0, 0.05) is 0 Å². The van der Waals surface area contributed by atoms with Crippen molar-refractivity contribution in [2.45, 2.75) is 0 Å². The molecule has 8 N–H and O–H groups in total. The maximum absolute atomic E-state index is 0. The summed E-state index contributed by atoms with van der Waals surface area (Å²) in [5, 5.41) is 0. The molecule has 0 aromatic heterocycles. The van der Waals surface area contributed by atoms with Gasteiger partial charge in [0.2, 0.25) is 0 Å². The van der Waals surface area contributed by atoms with Crippen LogP contribution in [-0.2, 0) is 0 Å². The SMILES string of the molecule is O.O.O.O.[CaH2].[CaH2]. The van der Waals surface area contributed by atoms with E-state index in [2.05, 4.69) is 0 Å². The molecule has 0 aromatic carbocycles. The summed E-state index contributed by atoms with van der Waals surface area (Å²) in [5.74, 6) is 0. The van der Waals surface area contributed by atoms with Crippen LogP contribution in [0.1, 0.15) is 0 Å². The number of hydrogen-bond donors (Lipinski definition) is 0. The summed E-state index contributed by atoms with van der Waals surface area (Å²) in [6.07, 6.45) is 0. The third-order valence-corrected chi connectivity index (χ3v) is 0. The van der Waals surface area contributed by atoms with Gasteiger partial charge in [-0.1, -0.05) is 0 Å². The van der Waals surface area contributed by atoms with Crippen LogP contribution >= 0.6 is 0 Å². The average Bonchev–Trinajstić information content (AvgIpc) is 0. The fraction of sp³-hybridized carbons (Fsp3) is 0. The molecule has 4 nitrogen and oxygen atoms in total. The Bertz CT molecular complexity index is 5.51. The van der Waals surface area contributed by atoms with Gasteiger partial charge in [0.15, 0.2) is 0 Å². The second-order valence-electron chi connectivity index (χ2n) is 0. The van der Waals surface area contributed by atoms with Crippen LogP contribution in [0.15, 0.2) is 0 Å². The van der Waals surface area contributed by atoms with E-state index in [1.807, 2.05) is 0 Å². The van der Waals surface area contributed by atoms with E-state index >= 15 is 0 Å². The Kier molecular flexibility index (Phi) is 725. The fourth-order valence-corrected chi connectivity index (χ4v) is 0. The van der Waals surface area contributed by atoms with Crippen molar-refractivity contribution in [2.24, 2.45) is 0 Å². The number of hydrogen-bond acceptors (Lipinski definition) is 0. The van der Waals surface area contributed by atoms with Crippen molar-refractivity contribution in [3.05, 3.63) is 0 Å². The van der Waals surface area contributed by atoms with Crippen LogP contribution in [0.5, 0.6) is 0 Å². The molecule has 0 unspecified atom stereocenters. The first-order chi connectivity index (χ1) is 0. The van der Waals surface area contributed by atoms with Crippen molar-refractivity contribution < 1.29 is 21.9 Å². The first-order valence-electron chi connectivity index (χ1n) is 0. The van der Waals surface area contributed by atoms with E-state index in [-0.39, 0.29) is 97.4 Å². The summed E-state index contributed by atoms with van der Waals surface area (Å²) in [6.45, 7) is 0. The minimum atomic E-state index is 0. The van der Waals surface area contributed by atoms with Gasteiger partial charge in [-0.15, -0.1) is 0 Å². The zero-order chi connectivity index (χ0) is 0. The normalized spacial score (nSPS) is 0. The van der Waals surface area contributed by atoms with E-state index in [0.29, 0.717) is 0 Å². The molecule has 0 spiro atoms. The van der Waals surface area contributed by atoms with Gasteiger partial charge in [0.25, 0.3) is 0 Å². The summed E-state index contributed by atoms with van der Waals surface area (Å²) in [6, 6.07) is 0. The van der Waals surface area contributed by atoms with Gasteiger partial charge < -0.3 is 21.9 Å². The molecule has 0 aliphatic carbocycles. The van der Waals surface area contributed by atoms with Gasteiger partial charge >= 0.3 is 75.5 Å². The zero-order valence-corrected chi connectivity index (χ0v) is 2.00. The zero-order valence-electron chi connectivity index (χ0n) is 2.00. The second-order valence-corrected chi connectivity index (χ2v) is 0. The summed E-state index contributed by atoms with van der Waals surface area (Å²) < 4.78 is 0. The van der Waals surface area contributed by atoms with Crippen LogP contribution in [0.2, 0.25) is 0 Å². The first kappa shape index (κ1) is 81.3. The molecule has 0 aliphatic heterocycles. The van der Waals surface area contributed by atoms with Gasteiger partial charge in [-0.2, -0.15) is 0 Å². The molecule has 0 fully saturated rings. The van der Waals surface area contributed by atoms with Crippen molar-refractivity contribution in [1.82, 2.24) is 0 Å². The van der Waals surface area contributed by atoms with Crippen molar-refractivity contribution >= 4 is 75.5 Å². The molecule has 0 atom stereocenters. The number of rotatable bonds is 0. The van der Waals surface area contributed by atoms with Gasteiger partial charge in [0.05, 0.1) is 0 Å². The standard InChI is InChI=1S/2Ca.4H2O.4H/h;;4*1H2;;;;. The molecule has 0 aromatic rings. The molecule has 0 heterocycles. The molecular formula is H12Ca2O4. The van der Waals surface area contributed by atoms with Crippen LogP contribution in [0, 0.1) is 0 Å². The monoisotopic (exact) mass is 156 g/mol. The predicted molar refractivity (Wildman–Crippen MR) is 31.5 cm³/mol. The quantitative estimate of drug-likeness (QED) is 0.311. The van der Waals surface area contributed by atoms with E-state index in [0.717, 1.165) is 0 Å².